The molecule has 2 aliphatic rings. The van der Waals surface area contributed by atoms with Crippen LogP contribution < -0.4 is 16.0 Å². The van der Waals surface area contributed by atoms with E-state index in [2.05, 4.69) is 20.2 Å². The van der Waals surface area contributed by atoms with Gasteiger partial charge in [-0.25, -0.2) is 9.97 Å². The average Bonchev–Trinajstić information content (AvgIpc) is 2.85. The number of carbonyl (C=O) groups is 2. The van der Waals surface area contributed by atoms with E-state index in [9.17, 15) is 9.59 Å². The third kappa shape index (κ3) is 3.28. The van der Waals surface area contributed by atoms with Crippen molar-refractivity contribution >= 4 is 34.8 Å². The summed E-state index contributed by atoms with van der Waals surface area (Å²) in [6, 6.07) is 1.84. The van der Waals surface area contributed by atoms with Crippen LogP contribution in [0.25, 0.3) is 6.08 Å². The summed E-state index contributed by atoms with van der Waals surface area (Å²) in [5.74, 6) is 1.05. The Morgan fingerprint density at radius 2 is 2.14 bits per heavy atom. The molecule has 0 saturated carbocycles. The third-order valence-corrected chi connectivity index (χ3v) is 4.68. The van der Waals surface area contributed by atoms with E-state index in [0.717, 1.165) is 50.1 Å². The lowest BCUT2D eigenvalue weighted by molar-refractivity contribution is -0.115. The molecule has 7 nitrogen and oxygen atoms in total. The number of imide groups is 1. The van der Waals surface area contributed by atoms with Crippen LogP contribution in [0.4, 0.5) is 10.6 Å². The van der Waals surface area contributed by atoms with Crippen molar-refractivity contribution < 1.29 is 9.59 Å². The van der Waals surface area contributed by atoms with Crippen molar-refractivity contribution in [3.63, 3.8) is 0 Å². The lowest BCUT2D eigenvalue weighted by atomic mass is 9.97. The molecule has 2 amide bonds. The summed E-state index contributed by atoms with van der Waals surface area (Å²) in [4.78, 5) is 33.7. The Bertz CT molecular complexity index is 625. The van der Waals surface area contributed by atoms with Gasteiger partial charge in [0.15, 0.2) is 0 Å². The number of carbonyl (C=O) groups excluding carboxylic acids is 2. The predicted molar refractivity (Wildman–Crippen MR) is 85.1 cm³/mol. The summed E-state index contributed by atoms with van der Waals surface area (Å²) in [7, 11) is 0. The van der Waals surface area contributed by atoms with Gasteiger partial charge in [0.05, 0.1) is 10.6 Å². The number of anilines is 1. The van der Waals surface area contributed by atoms with Crippen LogP contribution >= 0.6 is 11.8 Å². The number of hydrogen-bond donors (Lipinski definition) is 2. The smallest absolute Gasteiger partial charge is 0.290 e. The maximum atomic E-state index is 11.6. The fraction of sp³-hybridized carbons (Fsp3) is 0.429. The standard InChI is InChI=1S/C14H17N5O2S/c15-7-9-1-3-19(4-2-9)12-6-10(16-8-17-12)5-11-13(20)18-14(21)22-11/h5-6,8-9H,1-4,7,15H2,(H,18,20,21). The van der Waals surface area contributed by atoms with Gasteiger partial charge in [0.2, 0.25) is 0 Å². The number of aromatic nitrogens is 2. The minimum atomic E-state index is -0.376. The highest BCUT2D eigenvalue weighted by Gasteiger charge is 2.25. The van der Waals surface area contributed by atoms with Gasteiger partial charge in [-0.3, -0.25) is 14.9 Å². The highest BCUT2D eigenvalue weighted by molar-refractivity contribution is 8.18. The number of nitrogens with two attached hydrogens (primary N) is 1. The number of amides is 2. The number of hydrogen-bond acceptors (Lipinski definition) is 7. The van der Waals surface area contributed by atoms with Gasteiger partial charge in [-0.05, 0) is 43.1 Å². The second-order valence-corrected chi connectivity index (χ2v) is 6.33. The Hall–Kier alpha value is -1.93. The van der Waals surface area contributed by atoms with E-state index < -0.39 is 0 Å². The van der Waals surface area contributed by atoms with Gasteiger partial charge in [-0.15, -0.1) is 0 Å². The fourth-order valence-electron chi connectivity index (χ4n) is 2.57. The van der Waals surface area contributed by atoms with E-state index in [-0.39, 0.29) is 11.1 Å². The topological polar surface area (TPSA) is 101 Å². The van der Waals surface area contributed by atoms with Gasteiger partial charge < -0.3 is 10.6 Å². The van der Waals surface area contributed by atoms with E-state index in [1.54, 1.807) is 6.08 Å². The van der Waals surface area contributed by atoms with Crippen molar-refractivity contribution in [2.45, 2.75) is 12.8 Å². The van der Waals surface area contributed by atoms with Crippen molar-refractivity contribution in [3.05, 3.63) is 23.0 Å². The highest BCUT2D eigenvalue weighted by atomic mass is 32.2. The molecule has 0 aliphatic carbocycles. The monoisotopic (exact) mass is 319 g/mol. The van der Waals surface area contributed by atoms with Gasteiger partial charge in [0.1, 0.15) is 12.1 Å². The van der Waals surface area contributed by atoms with Gasteiger partial charge in [0.25, 0.3) is 11.1 Å². The normalized spacial score (nSPS) is 21.5. The summed E-state index contributed by atoms with van der Waals surface area (Å²) in [6.45, 7) is 2.57. The van der Waals surface area contributed by atoms with Crippen molar-refractivity contribution in [3.8, 4) is 0 Å². The molecule has 0 atom stereocenters. The van der Waals surface area contributed by atoms with Gasteiger partial charge >= 0.3 is 0 Å². The average molecular weight is 319 g/mol. The molecular weight excluding hydrogens is 302 g/mol. The molecule has 2 aliphatic heterocycles. The molecule has 3 N–H and O–H groups in total. The number of nitrogens with one attached hydrogen (secondary N) is 1. The second kappa shape index (κ2) is 6.45. The van der Waals surface area contributed by atoms with Crippen molar-refractivity contribution in [1.29, 1.82) is 0 Å². The first-order valence-corrected chi connectivity index (χ1v) is 7.99. The van der Waals surface area contributed by atoms with Crippen LogP contribution in [0.1, 0.15) is 18.5 Å². The zero-order valence-corrected chi connectivity index (χ0v) is 12.8. The first-order valence-electron chi connectivity index (χ1n) is 7.17. The van der Waals surface area contributed by atoms with Crippen LogP contribution in [0.15, 0.2) is 17.3 Å². The maximum absolute atomic E-state index is 11.6. The lowest BCUT2D eigenvalue weighted by Crippen LogP contribution is -2.36. The summed E-state index contributed by atoms with van der Waals surface area (Å²) in [5, 5.41) is 1.88. The molecule has 3 heterocycles. The van der Waals surface area contributed by atoms with Crippen molar-refractivity contribution in [1.82, 2.24) is 15.3 Å². The summed E-state index contributed by atoms with van der Waals surface area (Å²) < 4.78 is 0. The van der Waals surface area contributed by atoms with Crippen LogP contribution in [-0.2, 0) is 4.79 Å². The molecule has 8 heteroatoms. The van der Waals surface area contributed by atoms with E-state index in [1.165, 1.54) is 6.33 Å². The van der Waals surface area contributed by atoms with Gasteiger partial charge in [-0.2, -0.15) is 0 Å². The maximum Gasteiger partial charge on any atom is 0.290 e. The molecule has 22 heavy (non-hydrogen) atoms. The molecule has 0 bridgehead atoms. The summed E-state index contributed by atoms with van der Waals surface area (Å²) in [6.07, 6.45) is 5.21. The van der Waals surface area contributed by atoms with Crippen molar-refractivity contribution in [2.75, 3.05) is 24.5 Å². The molecule has 1 aromatic heterocycles. The Kier molecular flexibility index (Phi) is 4.39. The first-order chi connectivity index (χ1) is 10.7. The quantitative estimate of drug-likeness (QED) is 0.801. The van der Waals surface area contributed by atoms with Crippen molar-refractivity contribution in [2.24, 2.45) is 11.7 Å². The largest absolute Gasteiger partial charge is 0.356 e. The third-order valence-electron chi connectivity index (χ3n) is 3.87. The zero-order chi connectivity index (χ0) is 15.5. The molecule has 2 saturated heterocycles. The number of thioether (sulfide) groups is 1. The van der Waals surface area contributed by atoms with E-state index >= 15 is 0 Å². The molecule has 0 spiro atoms. The van der Waals surface area contributed by atoms with Crippen LogP contribution in [-0.4, -0.2) is 40.7 Å². The molecule has 3 rings (SSSR count). The molecule has 0 unspecified atom stereocenters. The van der Waals surface area contributed by atoms with E-state index in [4.69, 9.17) is 5.73 Å². The number of rotatable bonds is 3. The SMILES string of the molecule is NCC1CCN(c2cc(C=C3SC(=O)NC3=O)ncn2)CC1. The molecule has 0 aromatic carbocycles. The van der Waals surface area contributed by atoms with E-state index in [0.29, 0.717) is 16.5 Å². The Morgan fingerprint density at radius 3 is 2.77 bits per heavy atom. The van der Waals surface area contributed by atoms with Gasteiger partial charge in [-0.1, -0.05) is 0 Å². The van der Waals surface area contributed by atoms with Crippen LogP contribution in [0.2, 0.25) is 0 Å². The minimum absolute atomic E-state index is 0.352. The summed E-state index contributed by atoms with van der Waals surface area (Å²) in [5.41, 5.74) is 6.33. The zero-order valence-electron chi connectivity index (χ0n) is 12.0. The molecule has 116 valence electrons. The lowest BCUT2D eigenvalue weighted by Gasteiger charge is -2.32. The minimum Gasteiger partial charge on any atom is -0.356 e. The number of piperidine rings is 1. The molecule has 0 radical (unpaired) electrons. The van der Waals surface area contributed by atoms with E-state index in [1.807, 2.05) is 6.07 Å². The molecule has 1 aromatic rings. The predicted octanol–water partition coefficient (Wildman–Crippen LogP) is 0.976. The molecule has 2 fully saturated rings. The Morgan fingerprint density at radius 1 is 1.36 bits per heavy atom. The van der Waals surface area contributed by atoms with Crippen LogP contribution in [0, 0.1) is 5.92 Å². The fourth-order valence-corrected chi connectivity index (χ4v) is 3.23. The Balaban J connectivity index is 1.75. The second-order valence-electron chi connectivity index (χ2n) is 5.32. The molecular formula is C14H17N5O2S. The Labute approximate surface area is 132 Å². The van der Waals surface area contributed by atoms with Crippen LogP contribution in [0.5, 0.6) is 0 Å². The van der Waals surface area contributed by atoms with Crippen LogP contribution in [0.3, 0.4) is 0 Å². The summed E-state index contributed by atoms with van der Waals surface area (Å²) >= 11 is 0.887. The van der Waals surface area contributed by atoms with Gasteiger partial charge in [0, 0.05) is 19.2 Å². The first kappa shape index (κ1) is 15.0. The number of nitrogens with zero attached hydrogens (tertiary/aromatic N) is 3. The highest BCUT2D eigenvalue weighted by Crippen LogP contribution is 2.26.